The van der Waals surface area contributed by atoms with Crippen LogP contribution in [0.3, 0.4) is 0 Å². The van der Waals surface area contributed by atoms with Crippen LogP contribution in [0.25, 0.3) is 28.2 Å². The van der Waals surface area contributed by atoms with Gasteiger partial charge in [-0.25, -0.2) is 9.89 Å². The molecule has 2 aromatic heterocycles. The van der Waals surface area contributed by atoms with Crippen LogP contribution in [0.15, 0.2) is 77.7 Å². The lowest BCUT2D eigenvalue weighted by Crippen LogP contribution is -2.27. The molecule has 5 rings (SSSR count). The van der Waals surface area contributed by atoms with Crippen molar-refractivity contribution in [1.29, 1.82) is 0 Å². The summed E-state index contributed by atoms with van der Waals surface area (Å²) in [6, 6.07) is 22.2. The molecule has 1 N–H and O–H groups in total. The lowest BCUT2D eigenvalue weighted by atomic mass is 9.85. The summed E-state index contributed by atoms with van der Waals surface area (Å²) in [5, 5.41) is 14.9. The summed E-state index contributed by atoms with van der Waals surface area (Å²) in [5.74, 6) is 0.623. The maximum absolute atomic E-state index is 13.9. The number of aromatic nitrogens is 6. The second kappa shape index (κ2) is 11.0. The van der Waals surface area contributed by atoms with Crippen LogP contribution >= 0.6 is 11.6 Å². The maximum atomic E-state index is 13.9. The third kappa shape index (κ3) is 5.45. The van der Waals surface area contributed by atoms with E-state index in [2.05, 4.69) is 84.7 Å². The first-order valence-electron chi connectivity index (χ1n) is 13.3. The van der Waals surface area contributed by atoms with Gasteiger partial charge < -0.3 is 0 Å². The highest BCUT2D eigenvalue weighted by atomic mass is 35.5. The Balaban J connectivity index is 1.52. The minimum Gasteiger partial charge on any atom is -0.292 e. The van der Waals surface area contributed by atoms with E-state index in [1.165, 1.54) is 0 Å². The van der Waals surface area contributed by atoms with Crippen molar-refractivity contribution < 1.29 is 0 Å². The van der Waals surface area contributed by atoms with Gasteiger partial charge in [0.05, 0.1) is 17.3 Å². The van der Waals surface area contributed by atoms with Crippen molar-refractivity contribution in [2.75, 3.05) is 0 Å². The van der Waals surface area contributed by atoms with Gasteiger partial charge in [-0.15, -0.1) is 5.10 Å². The van der Waals surface area contributed by atoms with Gasteiger partial charge in [0, 0.05) is 17.5 Å². The summed E-state index contributed by atoms with van der Waals surface area (Å²) in [5.41, 5.74) is 6.63. The molecule has 0 aliphatic carbocycles. The molecule has 8 heteroatoms. The van der Waals surface area contributed by atoms with Crippen molar-refractivity contribution >= 4 is 11.6 Å². The van der Waals surface area contributed by atoms with Crippen LogP contribution in [0.2, 0.25) is 5.02 Å². The van der Waals surface area contributed by atoms with E-state index in [-0.39, 0.29) is 11.1 Å². The Hall–Kier alpha value is -3.97. The van der Waals surface area contributed by atoms with E-state index in [0.717, 1.165) is 58.5 Å². The smallest absolute Gasteiger partial charge is 0.292 e. The number of nitrogens with zero attached hydrogens (tertiary/aromatic N) is 5. The molecule has 0 radical (unpaired) electrons. The van der Waals surface area contributed by atoms with E-state index in [4.69, 9.17) is 11.6 Å². The quantitative estimate of drug-likeness (QED) is 0.234. The number of benzene rings is 3. The fraction of sp³-hybridized carbons (Fsp3) is 0.290. The van der Waals surface area contributed by atoms with Crippen LogP contribution in [0, 0.1) is 0 Å². The largest absolute Gasteiger partial charge is 0.333 e. The number of imidazole rings is 1. The minimum absolute atomic E-state index is 0.0769. The van der Waals surface area contributed by atoms with Crippen LogP contribution in [0.5, 0.6) is 0 Å². The highest BCUT2D eigenvalue weighted by Crippen LogP contribution is 2.33. The molecule has 0 bridgehead atoms. The van der Waals surface area contributed by atoms with Gasteiger partial charge in [-0.05, 0) is 57.0 Å². The molecule has 200 valence electrons. The van der Waals surface area contributed by atoms with Crippen molar-refractivity contribution in [1.82, 2.24) is 29.8 Å². The number of para-hydroxylation sites is 1. The summed E-state index contributed by atoms with van der Waals surface area (Å²) < 4.78 is 3.62. The molecule has 2 heterocycles. The monoisotopic (exact) mass is 540 g/mol. The average molecular weight is 541 g/mol. The van der Waals surface area contributed by atoms with E-state index >= 15 is 0 Å². The fourth-order valence-electron chi connectivity index (χ4n) is 4.97. The molecule has 7 nitrogen and oxygen atoms in total. The number of hydrogen-bond donors (Lipinski definition) is 1. The SMILES string of the molecule is CCCCc1cn(-c2c(Cl)cccc2C(C)(C)C)c(=O)n1Cc1ccc(-c2ccccc2-c2nnn[nH]2)cc1. The summed E-state index contributed by atoms with van der Waals surface area (Å²) in [6.45, 7) is 9.06. The summed E-state index contributed by atoms with van der Waals surface area (Å²) >= 11 is 6.71. The number of halogens is 1. The Bertz CT molecular complexity index is 1630. The van der Waals surface area contributed by atoms with Gasteiger partial charge in [0.1, 0.15) is 0 Å². The third-order valence-corrected chi connectivity index (χ3v) is 7.32. The molecular weight excluding hydrogens is 508 g/mol. The zero-order chi connectivity index (χ0) is 27.6. The highest BCUT2D eigenvalue weighted by molar-refractivity contribution is 6.32. The fourth-order valence-corrected chi connectivity index (χ4v) is 5.23. The molecular formula is C31H33ClN6O. The number of aryl methyl sites for hydroxylation is 1. The van der Waals surface area contributed by atoms with Crippen molar-refractivity contribution in [3.8, 4) is 28.2 Å². The second-order valence-electron chi connectivity index (χ2n) is 10.8. The molecule has 0 aliphatic rings. The van der Waals surface area contributed by atoms with Gasteiger partial charge in [0.25, 0.3) is 0 Å². The average Bonchev–Trinajstić information content (AvgIpc) is 3.56. The van der Waals surface area contributed by atoms with E-state index in [0.29, 0.717) is 17.4 Å². The van der Waals surface area contributed by atoms with Crippen LogP contribution in [0.4, 0.5) is 0 Å². The predicted octanol–water partition coefficient (Wildman–Crippen LogP) is 6.83. The summed E-state index contributed by atoms with van der Waals surface area (Å²) in [7, 11) is 0. The molecule has 3 aromatic carbocycles. The molecule has 0 fully saturated rings. The number of H-pyrrole nitrogens is 1. The van der Waals surface area contributed by atoms with Crippen molar-refractivity contribution in [2.45, 2.75) is 58.9 Å². The second-order valence-corrected chi connectivity index (χ2v) is 11.2. The first kappa shape index (κ1) is 26.6. The Kier molecular flexibility index (Phi) is 7.53. The first-order chi connectivity index (χ1) is 18.8. The van der Waals surface area contributed by atoms with Gasteiger partial charge in [0.15, 0.2) is 5.82 Å². The van der Waals surface area contributed by atoms with Crippen LogP contribution < -0.4 is 5.69 Å². The lowest BCUT2D eigenvalue weighted by molar-refractivity contribution is 0.584. The first-order valence-corrected chi connectivity index (χ1v) is 13.7. The van der Waals surface area contributed by atoms with Gasteiger partial charge in [0.2, 0.25) is 0 Å². The molecule has 0 saturated heterocycles. The van der Waals surface area contributed by atoms with E-state index in [1.54, 1.807) is 4.57 Å². The molecule has 39 heavy (non-hydrogen) atoms. The van der Waals surface area contributed by atoms with Crippen molar-refractivity contribution in [2.24, 2.45) is 0 Å². The number of unbranched alkanes of at least 4 members (excludes halogenated alkanes) is 1. The Morgan fingerprint density at radius 1 is 0.949 bits per heavy atom. The van der Waals surface area contributed by atoms with Crippen molar-refractivity contribution in [3.63, 3.8) is 0 Å². The Labute approximate surface area is 233 Å². The normalized spacial score (nSPS) is 11.7. The predicted molar refractivity (Wildman–Crippen MR) is 157 cm³/mol. The molecule has 0 spiro atoms. The summed E-state index contributed by atoms with van der Waals surface area (Å²) in [4.78, 5) is 13.9. The number of rotatable bonds is 8. The molecule has 0 saturated carbocycles. The minimum atomic E-state index is -0.167. The Morgan fingerprint density at radius 3 is 2.36 bits per heavy atom. The number of hydrogen-bond acceptors (Lipinski definition) is 4. The number of tetrazole rings is 1. The van der Waals surface area contributed by atoms with Crippen molar-refractivity contribution in [3.05, 3.63) is 105 Å². The maximum Gasteiger partial charge on any atom is 0.333 e. The highest BCUT2D eigenvalue weighted by Gasteiger charge is 2.24. The van der Waals surface area contributed by atoms with Gasteiger partial charge in [-0.1, -0.05) is 106 Å². The zero-order valence-corrected chi connectivity index (χ0v) is 23.5. The molecule has 0 unspecified atom stereocenters. The van der Waals surface area contributed by atoms with Crippen LogP contribution in [-0.4, -0.2) is 29.8 Å². The van der Waals surface area contributed by atoms with Gasteiger partial charge in [-0.2, -0.15) is 0 Å². The van der Waals surface area contributed by atoms with Gasteiger partial charge >= 0.3 is 5.69 Å². The molecule has 0 amide bonds. The topological polar surface area (TPSA) is 81.4 Å². The van der Waals surface area contributed by atoms with Crippen LogP contribution in [0.1, 0.15) is 57.4 Å². The molecule has 0 atom stereocenters. The van der Waals surface area contributed by atoms with Crippen LogP contribution in [-0.2, 0) is 18.4 Å². The van der Waals surface area contributed by atoms with E-state index < -0.39 is 0 Å². The number of nitrogens with one attached hydrogen (secondary N) is 1. The Morgan fingerprint density at radius 2 is 1.69 bits per heavy atom. The van der Waals surface area contributed by atoms with E-state index in [1.807, 2.05) is 41.1 Å². The van der Waals surface area contributed by atoms with E-state index in [9.17, 15) is 4.79 Å². The summed E-state index contributed by atoms with van der Waals surface area (Å²) in [6.07, 6.45) is 4.85. The van der Waals surface area contributed by atoms with Gasteiger partial charge in [-0.3, -0.25) is 9.13 Å². The zero-order valence-electron chi connectivity index (χ0n) is 22.8. The molecule has 5 aromatic rings. The standard InChI is InChI=1S/C31H33ClN6O/c1-5-6-10-23-20-38(28-26(31(2,3)4)13-9-14-27(28)32)30(39)37(23)19-21-15-17-22(18-16-21)24-11-7-8-12-25(24)29-33-35-36-34-29/h7-9,11-18,20H,5-6,10,19H2,1-4H3,(H,33,34,35,36). The third-order valence-electron chi connectivity index (χ3n) is 7.02. The lowest BCUT2D eigenvalue weighted by Gasteiger charge is -2.23. The number of aromatic amines is 1. The molecule has 0 aliphatic heterocycles.